The number of nitrogens with two attached hydrogens (primary N) is 1. The van der Waals surface area contributed by atoms with E-state index in [0.29, 0.717) is 0 Å². The molecular weight excluding hydrogens is 222 g/mol. The summed E-state index contributed by atoms with van der Waals surface area (Å²) in [4.78, 5) is 4.26. The minimum atomic E-state index is 0.117. The lowest BCUT2D eigenvalue weighted by Crippen LogP contribution is -2.28. The van der Waals surface area contributed by atoms with Crippen LogP contribution in [0, 0.1) is 0 Å². The Balaban J connectivity index is 1.93. The molecular formula is C10H15N5S. The van der Waals surface area contributed by atoms with Crippen LogP contribution in [0.15, 0.2) is 23.3 Å². The van der Waals surface area contributed by atoms with Crippen LogP contribution in [0.25, 0.3) is 0 Å². The van der Waals surface area contributed by atoms with Crippen molar-refractivity contribution in [2.75, 3.05) is 0 Å². The van der Waals surface area contributed by atoms with Crippen molar-refractivity contribution < 1.29 is 0 Å². The van der Waals surface area contributed by atoms with Crippen molar-refractivity contribution in [2.24, 2.45) is 12.9 Å². The lowest BCUT2D eigenvalue weighted by molar-refractivity contribution is 0.507. The van der Waals surface area contributed by atoms with Gasteiger partial charge in [-0.1, -0.05) is 0 Å². The van der Waals surface area contributed by atoms with Gasteiger partial charge in [-0.25, -0.2) is 4.98 Å². The van der Waals surface area contributed by atoms with Gasteiger partial charge in [0.1, 0.15) is 0 Å². The number of aryl methyl sites for hydroxylation is 2. The van der Waals surface area contributed by atoms with E-state index in [1.54, 1.807) is 11.3 Å². The molecule has 0 aliphatic rings. The summed E-state index contributed by atoms with van der Waals surface area (Å²) in [5.41, 5.74) is 6.85. The van der Waals surface area contributed by atoms with Crippen molar-refractivity contribution in [2.45, 2.75) is 18.9 Å². The molecule has 16 heavy (non-hydrogen) atoms. The maximum Gasteiger partial charge on any atom is 0.0795 e. The van der Waals surface area contributed by atoms with Crippen LogP contribution < -0.4 is 11.3 Å². The Hall–Kier alpha value is -1.24. The smallest absolute Gasteiger partial charge is 0.0795 e. The second-order valence-electron chi connectivity index (χ2n) is 3.69. The van der Waals surface area contributed by atoms with Gasteiger partial charge in [-0.05, 0) is 18.4 Å². The van der Waals surface area contributed by atoms with Crippen LogP contribution >= 0.6 is 11.3 Å². The standard InChI is InChI=1S/C10H15N5S/c1-15-5-8(4-13-15)2-3-9(14-11)10-6-16-7-12-10/h4-7,9,14H,2-3,11H2,1H3. The fourth-order valence-electron chi connectivity index (χ4n) is 1.62. The SMILES string of the molecule is Cn1cc(CCC(NN)c2cscn2)cn1. The molecule has 2 heterocycles. The number of nitrogens with zero attached hydrogens (tertiary/aromatic N) is 3. The van der Waals surface area contributed by atoms with Crippen LogP contribution in [-0.4, -0.2) is 14.8 Å². The Kier molecular flexibility index (Phi) is 3.66. The van der Waals surface area contributed by atoms with Crippen LogP contribution in [-0.2, 0) is 13.5 Å². The molecule has 1 unspecified atom stereocenters. The highest BCUT2D eigenvalue weighted by Gasteiger charge is 2.11. The Morgan fingerprint density at radius 3 is 3.06 bits per heavy atom. The molecule has 6 heteroatoms. The van der Waals surface area contributed by atoms with Crippen LogP contribution in [0.5, 0.6) is 0 Å². The third-order valence-corrected chi connectivity index (χ3v) is 3.09. The summed E-state index contributed by atoms with van der Waals surface area (Å²) < 4.78 is 1.81. The first-order chi connectivity index (χ1) is 7.79. The van der Waals surface area contributed by atoms with Crippen molar-refractivity contribution in [3.05, 3.63) is 34.5 Å². The summed E-state index contributed by atoms with van der Waals surface area (Å²) in [5, 5.41) is 6.16. The molecule has 1 atom stereocenters. The van der Waals surface area contributed by atoms with Gasteiger partial charge in [-0.3, -0.25) is 16.0 Å². The molecule has 0 saturated carbocycles. The van der Waals surface area contributed by atoms with E-state index < -0.39 is 0 Å². The third kappa shape index (κ3) is 2.66. The van der Waals surface area contributed by atoms with Gasteiger partial charge in [0.2, 0.25) is 0 Å². The van der Waals surface area contributed by atoms with Crippen LogP contribution in [0.1, 0.15) is 23.7 Å². The highest BCUT2D eigenvalue weighted by molar-refractivity contribution is 7.07. The van der Waals surface area contributed by atoms with Crippen molar-refractivity contribution in [3.63, 3.8) is 0 Å². The van der Waals surface area contributed by atoms with Crippen LogP contribution in [0.3, 0.4) is 0 Å². The molecule has 0 amide bonds. The van der Waals surface area contributed by atoms with E-state index in [1.807, 2.05) is 35.0 Å². The van der Waals surface area contributed by atoms with Gasteiger partial charge in [0.25, 0.3) is 0 Å². The number of hydrogen-bond donors (Lipinski definition) is 2. The topological polar surface area (TPSA) is 68.8 Å². The summed E-state index contributed by atoms with van der Waals surface area (Å²) in [7, 11) is 1.92. The van der Waals surface area contributed by atoms with Gasteiger partial charge in [-0.15, -0.1) is 11.3 Å². The molecule has 0 aliphatic heterocycles. The molecule has 0 bridgehead atoms. The molecule has 0 fully saturated rings. The molecule has 5 nitrogen and oxygen atoms in total. The van der Waals surface area contributed by atoms with E-state index in [-0.39, 0.29) is 6.04 Å². The molecule has 0 radical (unpaired) electrons. The molecule has 0 aromatic carbocycles. The first-order valence-electron chi connectivity index (χ1n) is 5.11. The summed E-state index contributed by atoms with van der Waals surface area (Å²) >= 11 is 1.59. The zero-order chi connectivity index (χ0) is 11.4. The number of hydrogen-bond acceptors (Lipinski definition) is 5. The maximum absolute atomic E-state index is 5.53. The zero-order valence-corrected chi connectivity index (χ0v) is 9.94. The molecule has 3 N–H and O–H groups in total. The van der Waals surface area contributed by atoms with E-state index >= 15 is 0 Å². The quantitative estimate of drug-likeness (QED) is 0.601. The van der Waals surface area contributed by atoms with E-state index in [4.69, 9.17) is 5.84 Å². The fraction of sp³-hybridized carbons (Fsp3) is 0.400. The summed E-state index contributed by atoms with van der Waals surface area (Å²) in [6.45, 7) is 0. The van der Waals surface area contributed by atoms with Crippen molar-refractivity contribution >= 4 is 11.3 Å². The van der Waals surface area contributed by atoms with E-state index in [0.717, 1.165) is 18.5 Å². The molecule has 0 spiro atoms. The van der Waals surface area contributed by atoms with Crippen molar-refractivity contribution in [1.29, 1.82) is 0 Å². The van der Waals surface area contributed by atoms with Gasteiger partial charge < -0.3 is 0 Å². The average molecular weight is 237 g/mol. The van der Waals surface area contributed by atoms with Gasteiger partial charge in [-0.2, -0.15) is 5.10 Å². The first-order valence-corrected chi connectivity index (χ1v) is 6.05. The van der Waals surface area contributed by atoms with Crippen LogP contribution in [0.2, 0.25) is 0 Å². The summed E-state index contributed by atoms with van der Waals surface area (Å²) in [6.07, 6.45) is 5.77. The predicted octanol–water partition coefficient (Wildman–Crippen LogP) is 1.01. The van der Waals surface area contributed by atoms with Crippen LogP contribution in [0.4, 0.5) is 0 Å². The maximum atomic E-state index is 5.53. The molecule has 2 rings (SSSR count). The normalized spacial score (nSPS) is 12.9. The Bertz CT molecular complexity index is 422. The van der Waals surface area contributed by atoms with Gasteiger partial charge in [0.15, 0.2) is 0 Å². The van der Waals surface area contributed by atoms with E-state index in [2.05, 4.69) is 15.5 Å². The first kappa shape index (κ1) is 11.3. The van der Waals surface area contributed by atoms with Crippen molar-refractivity contribution in [3.8, 4) is 0 Å². The van der Waals surface area contributed by atoms with E-state index in [1.165, 1.54) is 5.56 Å². The average Bonchev–Trinajstić information content (AvgIpc) is 2.91. The third-order valence-electron chi connectivity index (χ3n) is 2.49. The Morgan fingerprint density at radius 2 is 2.50 bits per heavy atom. The minimum absolute atomic E-state index is 0.117. The van der Waals surface area contributed by atoms with Gasteiger partial charge in [0.05, 0.1) is 23.4 Å². The number of aromatic nitrogens is 3. The van der Waals surface area contributed by atoms with Crippen molar-refractivity contribution in [1.82, 2.24) is 20.2 Å². The number of hydrazine groups is 1. The fourth-order valence-corrected chi connectivity index (χ4v) is 2.23. The summed E-state index contributed by atoms with van der Waals surface area (Å²) in [6, 6.07) is 0.117. The molecule has 86 valence electrons. The summed E-state index contributed by atoms with van der Waals surface area (Å²) in [5.74, 6) is 5.53. The second-order valence-corrected chi connectivity index (χ2v) is 4.41. The van der Waals surface area contributed by atoms with E-state index in [9.17, 15) is 0 Å². The lowest BCUT2D eigenvalue weighted by atomic mass is 10.1. The minimum Gasteiger partial charge on any atom is -0.276 e. The Morgan fingerprint density at radius 1 is 1.62 bits per heavy atom. The zero-order valence-electron chi connectivity index (χ0n) is 9.13. The predicted molar refractivity (Wildman–Crippen MR) is 63.7 cm³/mol. The number of thiazole rings is 1. The molecule has 0 aliphatic carbocycles. The Labute approximate surface area is 98.3 Å². The largest absolute Gasteiger partial charge is 0.276 e. The molecule has 0 saturated heterocycles. The lowest BCUT2D eigenvalue weighted by Gasteiger charge is -2.12. The highest BCUT2D eigenvalue weighted by atomic mass is 32.1. The van der Waals surface area contributed by atoms with Gasteiger partial charge in [0, 0.05) is 18.6 Å². The number of nitrogens with one attached hydrogen (secondary N) is 1. The second kappa shape index (κ2) is 5.20. The number of rotatable bonds is 5. The molecule has 2 aromatic rings. The van der Waals surface area contributed by atoms with Gasteiger partial charge >= 0.3 is 0 Å². The molecule has 2 aromatic heterocycles. The monoisotopic (exact) mass is 237 g/mol. The highest BCUT2D eigenvalue weighted by Crippen LogP contribution is 2.17.